The van der Waals surface area contributed by atoms with Gasteiger partial charge < -0.3 is 14.5 Å². The van der Waals surface area contributed by atoms with Crippen LogP contribution in [0.4, 0.5) is 4.79 Å². The zero-order valence-corrected chi connectivity index (χ0v) is 18.8. The fourth-order valence-corrected chi connectivity index (χ4v) is 4.60. The number of ether oxygens (including phenoxy) is 1. The minimum absolute atomic E-state index is 0.0408. The topological polar surface area (TPSA) is 78.5 Å². The molecule has 0 aliphatic carbocycles. The number of halogens is 1. The highest BCUT2D eigenvalue weighted by molar-refractivity contribution is 9.10. The van der Waals surface area contributed by atoms with Crippen molar-refractivity contribution >= 4 is 50.1 Å². The number of fused-ring (bicyclic) bond motifs is 3. The van der Waals surface area contributed by atoms with E-state index in [1.807, 2.05) is 31.0 Å². The molecule has 158 valence electrons. The molecular formula is C22H25BrN4O3. The molecule has 30 heavy (non-hydrogen) atoms. The summed E-state index contributed by atoms with van der Waals surface area (Å²) >= 11 is 3.52. The van der Waals surface area contributed by atoms with E-state index in [9.17, 15) is 9.59 Å². The molecule has 8 heteroatoms. The van der Waals surface area contributed by atoms with Crippen LogP contribution in [0.2, 0.25) is 0 Å². The van der Waals surface area contributed by atoms with Gasteiger partial charge in [0.1, 0.15) is 18.2 Å². The Balaban J connectivity index is 1.76. The molecule has 2 aromatic carbocycles. The van der Waals surface area contributed by atoms with E-state index in [1.165, 1.54) is 12.1 Å². The number of methoxy groups -OCH3 is 1. The van der Waals surface area contributed by atoms with Crippen LogP contribution in [0, 0.1) is 5.92 Å². The molecule has 0 saturated carbocycles. The summed E-state index contributed by atoms with van der Waals surface area (Å²) in [6.07, 6.45) is 2.02. The SMILES string of the molecule is COC(=O)N([C@H](C=O)C(C)C)N1CCC[C@H]1c1nc2c(ccc3cc(Br)ccc32)[nH]1. The van der Waals surface area contributed by atoms with Crippen LogP contribution >= 0.6 is 15.9 Å². The number of carbonyl (C=O) groups excluding carboxylic acids is 2. The van der Waals surface area contributed by atoms with Crippen LogP contribution < -0.4 is 0 Å². The van der Waals surface area contributed by atoms with Gasteiger partial charge in [-0.1, -0.05) is 41.9 Å². The Morgan fingerprint density at radius 3 is 2.87 bits per heavy atom. The van der Waals surface area contributed by atoms with Gasteiger partial charge in [0.15, 0.2) is 0 Å². The number of hydrogen-bond donors (Lipinski definition) is 1. The fraction of sp³-hybridized carbons (Fsp3) is 0.409. The number of aromatic amines is 1. The van der Waals surface area contributed by atoms with Crippen molar-refractivity contribution in [3.05, 3.63) is 40.6 Å². The van der Waals surface area contributed by atoms with E-state index in [-0.39, 0.29) is 12.0 Å². The second-order valence-corrected chi connectivity index (χ2v) is 8.87. The number of nitrogens with one attached hydrogen (secondary N) is 1. The summed E-state index contributed by atoms with van der Waals surface area (Å²) in [5.41, 5.74) is 1.86. The molecule has 7 nitrogen and oxygen atoms in total. The maximum Gasteiger partial charge on any atom is 0.424 e. The summed E-state index contributed by atoms with van der Waals surface area (Å²) < 4.78 is 6.04. The van der Waals surface area contributed by atoms with Gasteiger partial charge in [0.2, 0.25) is 0 Å². The third-order valence-electron chi connectivity index (χ3n) is 5.73. The van der Waals surface area contributed by atoms with E-state index in [1.54, 1.807) is 0 Å². The van der Waals surface area contributed by atoms with Crippen LogP contribution in [0.15, 0.2) is 34.8 Å². The number of benzene rings is 2. The van der Waals surface area contributed by atoms with Crippen molar-refractivity contribution in [2.24, 2.45) is 5.92 Å². The Hall–Kier alpha value is -2.45. The van der Waals surface area contributed by atoms with Crippen LogP contribution in [0.3, 0.4) is 0 Å². The standard InChI is InChI=1S/C22H25BrN4O3/c1-13(2)19(12-28)27(22(29)30-3)26-10-4-5-18(26)21-24-17-9-6-14-11-15(23)7-8-16(14)20(17)25-21/h6-9,11-13,18-19H,4-5,10H2,1-3H3,(H,24,25)/t18-,19+/m0/s1. The summed E-state index contributed by atoms with van der Waals surface area (Å²) in [7, 11) is 1.34. The van der Waals surface area contributed by atoms with E-state index in [0.717, 1.165) is 51.2 Å². The fourth-order valence-electron chi connectivity index (χ4n) is 4.23. The maximum atomic E-state index is 12.6. The quantitative estimate of drug-likeness (QED) is 0.538. The van der Waals surface area contributed by atoms with E-state index in [4.69, 9.17) is 9.72 Å². The van der Waals surface area contributed by atoms with Crippen LogP contribution in [0.25, 0.3) is 21.8 Å². The van der Waals surface area contributed by atoms with E-state index in [0.29, 0.717) is 6.54 Å². The number of carbonyl (C=O) groups is 2. The molecule has 1 N–H and O–H groups in total. The molecule has 1 aliphatic heterocycles. The van der Waals surface area contributed by atoms with Crippen molar-refractivity contribution in [2.75, 3.05) is 13.7 Å². The lowest BCUT2D eigenvalue weighted by atomic mass is 10.1. The van der Waals surface area contributed by atoms with Gasteiger partial charge in [0.05, 0.1) is 24.2 Å². The molecule has 0 unspecified atom stereocenters. The zero-order chi connectivity index (χ0) is 21.4. The van der Waals surface area contributed by atoms with Crippen LogP contribution in [-0.2, 0) is 9.53 Å². The Morgan fingerprint density at radius 1 is 1.37 bits per heavy atom. The summed E-state index contributed by atoms with van der Waals surface area (Å²) in [5.74, 6) is 0.751. The molecule has 1 aromatic heterocycles. The van der Waals surface area contributed by atoms with Crippen LogP contribution in [0.1, 0.15) is 38.6 Å². The molecule has 4 rings (SSSR count). The first-order valence-electron chi connectivity index (χ1n) is 10.1. The monoisotopic (exact) mass is 472 g/mol. The van der Waals surface area contributed by atoms with Crippen molar-refractivity contribution in [1.82, 2.24) is 20.0 Å². The Labute approximate surface area is 183 Å². The highest BCUT2D eigenvalue weighted by Gasteiger charge is 2.40. The number of nitrogens with zero attached hydrogens (tertiary/aromatic N) is 3. The molecule has 3 aromatic rings. The van der Waals surface area contributed by atoms with Crippen molar-refractivity contribution in [3.8, 4) is 0 Å². The Morgan fingerprint density at radius 2 is 2.17 bits per heavy atom. The molecule has 2 atom stereocenters. The highest BCUT2D eigenvalue weighted by Crippen LogP contribution is 2.36. The maximum absolute atomic E-state index is 12.6. The van der Waals surface area contributed by atoms with Gasteiger partial charge in [0, 0.05) is 16.4 Å². The van der Waals surface area contributed by atoms with E-state index in [2.05, 4.69) is 39.1 Å². The zero-order valence-electron chi connectivity index (χ0n) is 17.3. The van der Waals surface area contributed by atoms with Gasteiger partial charge >= 0.3 is 6.09 Å². The van der Waals surface area contributed by atoms with Gasteiger partial charge in [0.25, 0.3) is 0 Å². The minimum Gasteiger partial charge on any atom is -0.452 e. The average Bonchev–Trinajstić information content (AvgIpc) is 3.37. The van der Waals surface area contributed by atoms with Gasteiger partial charge in [-0.25, -0.2) is 19.8 Å². The lowest BCUT2D eigenvalue weighted by Gasteiger charge is -2.39. The Bertz CT molecular complexity index is 1100. The summed E-state index contributed by atoms with van der Waals surface area (Å²) in [6.45, 7) is 4.50. The first-order valence-corrected chi connectivity index (χ1v) is 10.9. The minimum atomic E-state index is -0.597. The second-order valence-electron chi connectivity index (χ2n) is 7.96. The van der Waals surface area contributed by atoms with Crippen LogP contribution in [0.5, 0.6) is 0 Å². The number of hydrazine groups is 1. The lowest BCUT2D eigenvalue weighted by Crippen LogP contribution is -2.54. The van der Waals surface area contributed by atoms with Gasteiger partial charge in [-0.3, -0.25) is 0 Å². The third-order valence-corrected chi connectivity index (χ3v) is 6.23. The van der Waals surface area contributed by atoms with E-state index < -0.39 is 12.1 Å². The van der Waals surface area contributed by atoms with E-state index >= 15 is 0 Å². The first kappa shape index (κ1) is 20.8. The molecule has 1 aliphatic rings. The molecular weight excluding hydrogens is 448 g/mol. The molecule has 0 spiro atoms. The highest BCUT2D eigenvalue weighted by atomic mass is 79.9. The van der Waals surface area contributed by atoms with Gasteiger partial charge in [-0.2, -0.15) is 0 Å². The molecule has 2 heterocycles. The summed E-state index contributed by atoms with van der Waals surface area (Å²) in [6, 6.07) is 9.50. The van der Waals surface area contributed by atoms with Gasteiger partial charge in [-0.05, 0) is 42.3 Å². The molecule has 0 radical (unpaired) electrons. The number of aldehydes is 1. The number of amides is 1. The predicted octanol–water partition coefficient (Wildman–Crippen LogP) is 4.82. The number of imidazole rings is 1. The summed E-state index contributed by atoms with van der Waals surface area (Å²) in [5, 5.41) is 5.58. The van der Waals surface area contributed by atoms with Crippen molar-refractivity contribution in [3.63, 3.8) is 0 Å². The van der Waals surface area contributed by atoms with Crippen molar-refractivity contribution in [2.45, 2.75) is 38.8 Å². The Kier molecular flexibility index (Phi) is 5.79. The largest absolute Gasteiger partial charge is 0.452 e. The van der Waals surface area contributed by atoms with Gasteiger partial charge in [-0.15, -0.1) is 0 Å². The summed E-state index contributed by atoms with van der Waals surface area (Å²) in [4.78, 5) is 32.8. The smallest absolute Gasteiger partial charge is 0.424 e. The normalized spacial score (nSPS) is 18.2. The number of rotatable bonds is 5. The third kappa shape index (κ3) is 3.58. The predicted molar refractivity (Wildman–Crippen MR) is 119 cm³/mol. The number of aromatic nitrogens is 2. The molecule has 1 amide bonds. The second kappa shape index (κ2) is 8.35. The molecule has 1 fully saturated rings. The van der Waals surface area contributed by atoms with Crippen LogP contribution in [-0.4, -0.2) is 52.1 Å². The van der Waals surface area contributed by atoms with Crippen molar-refractivity contribution in [1.29, 1.82) is 0 Å². The lowest BCUT2D eigenvalue weighted by molar-refractivity contribution is -0.124. The first-order chi connectivity index (χ1) is 14.4. The number of hydrogen-bond acceptors (Lipinski definition) is 5. The molecule has 1 saturated heterocycles. The average molecular weight is 473 g/mol. The molecule has 0 bridgehead atoms. The number of H-pyrrole nitrogens is 1. The van der Waals surface area contributed by atoms with Crippen molar-refractivity contribution < 1.29 is 14.3 Å².